The maximum Gasteiger partial charge on any atom is 0.162 e. The fourth-order valence-electron chi connectivity index (χ4n) is 1.36. The first-order valence-electron chi connectivity index (χ1n) is 4.32. The molecule has 0 bridgehead atoms. The van der Waals surface area contributed by atoms with Crippen molar-refractivity contribution in [2.45, 2.75) is 11.6 Å². The van der Waals surface area contributed by atoms with Crippen LogP contribution in [0.5, 0.6) is 0 Å². The molecule has 0 aliphatic heterocycles. The minimum atomic E-state index is -0.577. The number of halogens is 2. The van der Waals surface area contributed by atoms with Gasteiger partial charge in [0.05, 0.1) is 5.69 Å². The van der Waals surface area contributed by atoms with Gasteiger partial charge in [-0.1, -0.05) is 0 Å². The quantitative estimate of drug-likeness (QED) is 0.757. The summed E-state index contributed by atoms with van der Waals surface area (Å²) in [6.45, 7) is 0. The lowest BCUT2D eigenvalue weighted by atomic mass is 10.1. The van der Waals surface area contributed by atoms with E-state index in [-0.39, 0.29) is 0 Å². The molecule has 0 radical (unpaired) electrons. The fraction of sp³-hybridized carbons (Fsp3) is 0.100. The Morgan fingerprint density at radius 3 is 2.40 bits per heavy atom. The molecule has 0 saturated carbocycles. The summed E-state index contributed by atoms with van der Waals surface area (Å²) in [7, 11) is 0. The molecule has 1 aromatic carbocycles. The van der Waals surface area contributed by atoms with Gasteiger partial charge in [-0.2, -0.15) is 0 Å². The molecule has 5 heteroatoms. The molecule has 0 aliphatic rings. The molecule has 2 nitrogen and oxygen atoms in total. The van der Waals surface area contributed by atoms with Crippen molar-refractivity contribution in [2.75, 3.05) is 0 Å². The van der Waals surface area contributed by atoms with Crippen molar-refractivity contribution in [3.8, 4) is 0 Å². The van der Waals surface area contributed by atoms with Gasteiger partial charge in [0, 0.05) is 18.7 Å². The molecule has 2 aromatic rings. The van der Waals surface area contributed by atoms with Gasteiger partial charge in [0.25, 0.3) is 0 Å². The van der Waals surface area contributed by atoms with Gasteiger partial charge in [0.2, 0.25) is 0 Å². The van der Waals surface area contributed by atoms with Gasteiger partial charge in [0.15, 0.2) is 5.16 Å². The summed E-state index contributed by atoms with van der Waals surface area (Å²) >= 11 is 4.00. The number of nitrogens with one attached hydrogen (secondary N) is 1. The highest BCUT2D eigenvalue weighted by Gasteiger charge is 2.04. The van der Waals surface area contributed by atoms with Gasteiger partial charge in [-0.05, 0) is 17.7 Å². The van der Waals surface area contributed by atoms with Crippen LogP contribution in [0.15, 0.2) is 29.6 Å². The van der Waals surface area contributed by atoms with E-state index < -0.39 is 11.6 Å². The zero-order valence-corrected chi connectivity index (χ0v) is 8.56. The maximum atomic E-state index is 12.9. The minimum Gasteiger partial charge on any atom is -0.340 e. The second-order valence-electron chi connectivity index (χ2n) is 3.17. The van der Waals surface area contributed by atoms with E-state index in [1.54, 1.807) is 6.20 Å². The number of hydrogen-bond donors (Lipinski definition) is 2. The second kappa shape index (κ2) is 4.02. The maximum absolute atomic E-state index is 12.9. The van der Waals surface area contributed by atoms with Crippen LogP contribution in [-0.4, -0.2) is 9.97 Å². The molecule has 0 saturated heterocycles. The molecule has 1 aromatic heterocycles. The number of benzene rings is 1. The predicted molar refractivity (Wildman–Crippen MR) is 55.0 cm³/mol. The Hall–Kier alpha value is -1.36. The Kier molecular flexibility index (Phi) is 2.73. The summed E-state index contributed by atoms with van der Waals surface area (Å²) < 4.78 is 25.7. The molecule has 78 valence electrons. The third-order valence-electron chi connectivity index (χ3n) is 1.92. The largest absolute Gasteiger partial charge is 0.340 e. The van der Waals surface area contributed by atoms with Crippen LogP contribution in [0.1, 0.15) is 11.3 Å². The van der Waals surface area contributed by atoms with E-state index in [0.717, 1.165) is 6.07 Å². The van der Waals surface area contributed by atoms with Crippen LogP contribution in [0, 0.1) is 11.6 Å². The smallest absolute Gasteiger partial charge is 0.162 e. The van der Waals surface area contributed by atoms with Gasteiger partial charge in [-0.25, -0.2) is 13.8 Å². The lowest BCUT2D eigenvalue weighted by Gasteiger charge is -1.99. The molecule has 0 amide bonds. The second-order valence-corrected chi connectivity index (χ2v) is 3.59. The molecule has 2 rings (SSSR count). The standard InChI is InChI=1S/C10H8F2N2S/c11-7-1-6(2-8(12)4-7)3-9-5-13-10(15)14-9/h1-2,4-5H,3H2,(H2,13,14,15). The van der Waals surface area contributed by atoms with E-state index in [0.29, 0.717) is 22.8 Å². The summed E-state index contributed by atoms with van der Waals surface area (Å²) in [5.74, 6) is -1.15. The van der Waals surface area contributed by atoms with E-state index in [4.69, 9.17) is 0 Å². The Morgan fingerprint density at radius 2 is 1.87 bits per heavy atom. The number of rotatable bonds is 2. The van der Waals surface area contributed by atoms with Gasteiger partial charge >= 0.3 is 0 Å². The molecule has 0 unspecified atom stereocenters. The average Bonchev–Trinajstić information content (AvgIpc) is 2.49. The van der Waals surface area contributed by atoms with Crippen LogP contribution in [0.4, 0.5) is 8.78 Å². The highest BCUT2D eigenvalue weighted by Crippen LogP contribution is 2.12. The monoisotopic (exact) mass is 226 g/mol. The normalized spacial score (nSPS) is 10.6. The van der Waals surface area contributed by atoms with Crippen LogP contribution < -0.4 is 0 Å². The highest BCUT2D eigenvalue weighted by molar-refractivity contribution is 7.80. The number of aromatic nitrogens is 2. The van der Waals surface area contributed by atoms with E-state index in [9.17, 15) is 8.78 Å². The highest BCUT2D eigenvalue weighted by atomic mass is 32.1. The van der Waals surface area contributed by atoms with Crippen molar-refractivity contribution in [2.24, 2.45) is 0 Å². The number of hydrogen-bond acceptors (Lipinski definition) is 2. The Labute approximate surface area is 90.8 Å². The zero-order chi connectivity index (χ0) is 10.8. The van der Waals surface area contributed by atoms with Crippen molar-refractivity contribution in [1.29, 1.82) is 0 Å². The molecule has 1 N–H and O–H groups in total. The van der Waals surface area contributed by atoms with Crippen LogP contribution >= 0.6 is 12.6 Å². The third-order valence-corrected chi connectivity index (χ3v) is 2.15. The van der Waals surface area contributed by atoms with Crippen LogP contribution in [0.25, 0.3) is 0 Å². The van der Waals surface area contributed by atoms with Crippen LogP contribution in [0.2, 0.25) is 0 Å². The zero-order valence-electron chi connectivity index (χ0n) is 7.67. The van der Waals surface area contributed by atoms with Crippen molar-refractivity contribution in [1.82, 2.24) is 9.97 Å². The van der Waals surface area contributed by atoms with Crippen molar-refractivity contribution in [3.05, 3.63) is 47.3 Å². The number of H-pyrrole nitrogens is 1. The predicted octanol–water partition coefficient (Wildman–Crippen LogP) is 2.57. The van der Waals surface area contributed by atoms with Crippen LogP contribution in [-0.2, 0) is 6.42 Å². The molecular formula is C10H8F2N2S. The molecule has 0 fully saturated rings. The number of imidazole rings is 1. The summed E-state index contributed by atoms with van der Waals surface area (Å²) in [6.07, 6.45) is 2.04. The fourth-order valence-corrected chi connectivity index (χ4v) is 1.55. The lowest BCUT2D eigenvalue weighted by molar-refractivity contribution is 0.580. The molecule has 15 heavy (non-hydrogen) atoms. The molecule has 0 aliphatic carbocycles. The number of aromatic amines is 1. The van der Waals surface area contributed by atoms with Gasteiger partial charge in [0.1, 0.15) is 11.6 Å². The molecule has 0 atom stereocenters. The van der Waals surface area contributed by atoms with Gasteiger partial charge < -0.3 is 4.98 Å². The summed E-state index contributed by atoms with van der Waals surface area (Å²) in [4.78, 5) is 6.81. The van der Waals surface area contributed by atoms with Gasteiger partial charge in [-0.15, -0.1) is 12.6 Å². The Balaban J connectivity index is 2.24. The van der Waals surface area contributed by atoms with Crippen LogP contribution in [0.3, 0.4) is 0 Å². The van der Waals surface area contributed by atoms with Gasteiger partial charge in [-0.3, -0.25) is 0 Å². The minimum absolute atomic E-state index is 0.381. The molecular weight excluding hydrogens is 218 g/mol. The number of nitrogens with zero attached hydrogens (tertiary/aromatic N) is 1. The van der Waals surface area contributed by atoms with Crippen molar-refractivity contribution >= 4 is 12.6 Å². The van der Waals surface area contributed by atoms with E-state index >= 15 is 0 Å². The molecule has 0 spiro atoms. The lowest BCUT2D eigenvalue weighted by Crippen LogP contribution is -1.91. The topological polar surface area (TPSA) is 28.7 Å². The van der Waals surface area contributed by atoms with E-state index in [1.807, 2.05) is 0 Å². The summed E-state index contributed by atoms with van der Waals surface area (Å²) in [5, 5.41) is 0.488. The number of thiol groups is 1. The third kappa shape index (κ3) is 2.56. The van der Waals surface area contributed by atoms with E-state index in [1.165, 1.54) is 12.1 Å². The SMILES string of the molecule is Fc1cc(F)cc(Cc2c[nH]c(S)n2)c1. The first kappa shape index (κ1) is 10.2. The summed E-state index contributed by atoms with van der Waals surface area (Å²) in [5.41, 5.74) is 1.25. The van der Waals surface area contributed by atoms with Crippen molar-refractivity contribution in [3.63, 3.8) is 0 Å². The van der Waals surface area contributed by atoms with E-state index in [2.05, 4.69) is 22.6 Å². The Morgan fingerprint density at radius 1 is 1.20 bits per heavy atom. The summed E-state index contributed by atoms with van der Waals surface area (Å²) in [6, 6.07) is 3.42. The first-order chi connectivity index (χ1) is 7.13. The van der Waals surface area contributed by atoms with Crippen molar-refractivity contribution < 1.29 is 8.78 Å². The molecule has 1 heterocycles. The Bertz CT molecular complexity index is 462. The average molecular weight is 226 g/mol. The first-order valence-corrected chi connectivity index (χ1v) is 4.76.